The van der Waals surface area contributed by atoms with E-state index in [0.29, 0.717) is 41.0 Å². The Morgan fingerprint density at radius 1 is 0.867 bits per heavy atom. The van der Waals surface area contributed by atoms with Crippen LogP contribution in [0.15, 0.2) is 29.8 Å². The molecule has 0 amide bonds. The maximum atomic E-state index is 12.1. The van der Waals surface area contributed by atoms with Gasteiger partial charge in [-0.05, 0) is 171 Å². The number of carbonyl (C=O) groups excluding carboxylic acids is 2. The number of phenols is 1. The van der Waals surface area contributed by atoms with Crippen LogP contribution in [0.25, 0.3) is 0 Å². The number of carbonyl (C=O) groups is 2. The fourth-order valence-electron chi connectivity index (χ4n) is 13.3. The standard InChI is InChI=1S/C21H30O2.C20H28O2/c1-13(22)17-6-7-18-16-5-4-14-12-15(23)8-10-20(14,2)19(16)9-11-21(17,18)3;1-3-12-11-18-17-6-4-13-10-14(21)5-7-15(13)16(17)8-9-20(18,2)19(12)22/h12,16-19H,4-11H2,1-3H3;5,7,10,12,16-19,21-22H,3-4,6,8-9,11H2,1-2H3/t16-,17+,18-,19-,20-,21+;12-,16+,17+,18-,19-,20-/m00/s1. The van der Waals surface area contributed by atoms with Crippen molar-refractivity contribution in [2.45, 2.75) is 137 Å². The largest absolute Gasteiger partial charge is 0.508 e. The van der Waals surface area contributed by atoms with Crippen molar-refractivity contribution in [2.24, 2.45) is 57.7 Å². The number of ketones is 2. The van der Waals surface area contributed by atoms with Crippen LogP contribution in [0.3, 0.4) is 0 Å². The molecule has 5 saturated carbocycles. The van der Waals surface area contributed by atoms with Crippen molar-refractivity contribution in [3.8, 4) is 5.75 Å². The van der Waals surface area contributed by atoms with Crippen LogP contribution in [0.1, 0.15) is 135 Å². The van der Waals surface area contributed by atoms with Crippen molar-refractivity contribution < 1.29 is 19.8 Å². The van der Waals surface area contributed by atoms with Crippen molar-refractivity contribution in [1.29, 1.82) is 0 Å². The summed E-state index contributed by atoms with van der Waals surface area (Å²) in [6.45, 7) is 11.2. The minimum absolute atomic E-state index is 0.107. The van der Waals surface area contributed by atoms with Crippen LogP contribution in [0.2, 0.25) is 0 Å². The van der Waals surface area contributed by atoms with Gasteiger partial charge in [-0.2, -0.15) is 0 Å². The van der Waals surface area contributed by atoms with E-state index in [4.69, 9.17) is 0 Å². The predicted octanol–water partition coefficient (Wildman–Crippen LogP) is 8.97. The number of fused-ring (bicyclic) bond motifs is 10. The second-order valence-corrected chi connectivity index (χ2v) is 17.4. The average molecular weight is 615 g/mol. The number of Topliss-reactive ketones (excluding diaryl/α,β-unsaturated/α-hetero) is 1. The highest BCUT2D eigenvalue weighted by molar-refractivity contribution is 5.91. The maximum absolute atomic E-state index is 12.1. The van der Waals surface area contributed by atoms with Crippen LogP contribution in [0.5, 0.6) is 5.75 Å². The molecule has 0 unspecified atom stereocenters. The molecular weight excluding hydrogens is 556 g/mol. The lowest BCUT2D eigenvalue weighted by Crippen LogP contribution is -2.51. The molecule has 5 fully saturated rings. The van der Waals surface area contributed by atoms with E-state index in [9.17, 15) is 19.8 Å². The molecule has 0 heterocycles. The van der Waals surface area contributed by atoms with Crippen LogP contribution >= 0.6 is 0 Å². The molecule has 0 aromatic heterocycles. The second kappa shape index (κ2) is 11.3. The van der Waals surface area contributed by atoms with Gasteiger partial charge in [-0.3, -0.25) is 9.59 Å². The summed E-state index contributed by atoms with van der Waals surface area (Å²) in [5, 5.41) is 20.6. The van der Waals surface area contributed by atoms with Gasteiger partial charge in [-0.15, -0.1) is 0 Å². The van der Waals surface area contributed by atoms with E-state index in [0.717, 1.165) is 68.6 Å². The molecule has 8 rings (SSSR count). The molecule has 1 aromatic rings. The molecule has 4 nitrogen and oxygen atoms in total. The first-order valence-corrected chi connectivity index (χ1v) is 18.6. The molecule has 4 heteroatoms. The van der Waals surface area contributed by atoms with Gasteiger partial charge in [0.2, 0.25) is 0 Å². The van der Waals surface area contributed by atoms with Gasteiger partial charge in [0, 0.05) is 12.3 Å². The quantitative estimate of drug-likeness (QED) is 0.349. The molecule has 246 valence electrons. The number of aromatic hydroxyl groups is 1. The zero-order valence-electron chi connectivity index (χ0n) is 28.6. The molecule has 0 aliphatic heterocycles. The molecule has 0 radical (unpaired) electrons. The average Bonchev–Trinajstić information content (AvgIpc) is 3.51. The Hall–Kier alpha value is -1.94. The lowest BCUT2D eigenvalue weighted by molar-refractivity contribution is -0.128. The zero-order valence-corrected chi connectivity index (χ0v) is 28.6. The number of aliphatic hydroxyl groups is 1. The van der Waals surface area contributed by atoms with Gasteiger partial charge in [0.15, 0.2) is 5.78 Å². The zero-order chi connectivity index (χ0) is 31.9. The molecule has 45 heavy (non-hydrogen) atoms. The number of hydrogen-bond donors (Lipinski definition) is 2. The van der Waals surface area contributed by atoms with Crippen LogP contribution in [0.4, 0.5) is 0 Å². The monoisotopic (exact) mass is 614 g/mol. The number of aliphatic hydroxyl groups excluding tert-OH is 1. The predicted molar refractivity (Wildman–Crippen MR) is 179 cm³/mol. The third kappa shape index (κ3) is 4.84. The van der Waals surface area contributed by atoms with Crippen LogP contribution in [-0.4, -0.2) is 27.9 Å². The maximum Gasteiger partial charge on any atom is 0.155 e. The number of allylic oxidation sites excluding steroid dienone is 1. The summed E-state index contributed by atoms with van der Waals surface area (Å²) < 4.78 is 0. The first kappa shape index (κ1) is 31.6. The minimum atomic E-state index is -0.107. The Kier molecular flexibility index (Phi) is 7.98. The van der Waals surface area contributed by atoms with Crippen molar-refractivity contribution >= 4 is 11.6 Å². The van der Waals surface area contributed by atoms with Gasteiger partial charge in [-0.25, -0.2) is 0 Å². The summed E-state index contributed by atoms with van der Waals surface area (Å²) in [6, 6.07) is 5.98. The number of phenolic OH excluding ortho intramolecular Hbond substituents is 1. The summed E-state index contributed by atoms with van der Waals surface area (Å²) in [7, 11) is 0. The molecular formula is C41H58O4. The van der Waals surface area contributed by atoms with Crippen molar-refractivity contribution in [3.05, 3.63) is 41.0 Å². The second-order valence-electron chi connectivity index (χ2n) is 17.4. The number of hydrogen-bond acceptors (Lipinski definition) is 4. The van der Waals surface area contributed by atoms with Gasteiger partial charge >= 0.3 is 0 Å². The summed E-state index contributed by atoms with van der Waals surface area (Å²) in [6.07, 6.45) is 17.8. The molecule has 7 aliphatic carbocycles. The lowest BCUT2D eigenvalue weighted by Gasteiger charge is -2.58. The molecule has 0 spiro atoms. The topological polar surface area (TPSA) is 74.6 Å². The van der Waals surface area contributed by atoms with E-state index in [2.05, 4.69) is 33.8 Å². The molecule has 7 aliphatic rings. The first-order valence-electron chi connectivity index (χ1n) is 18.6. The van der Waals surface area contributed by atoms with E-state index in [-0.39, 0.29) is 22.3 Å². The number of aryl methyl sites for hydroxylation is 1. The Bertz CT molecular complexity index is 1380. The molecule has 2 N–H and O–H groups in total. The fraction of sp³-hybridized carbons (Fsp3) is 0.756. The third-order valence-electron chi connectivity index (χ3n) is 15.8. The summed E-state index contributed by atoms with van der Waals surface area (Å²) >= 11 is 0. The lowest BCUT2D eigenvalue weighted by atomic mass is 9.47. The number of benzene rings is 1. The summed E-state index contributed by atoms with van der Waals surface area (Å²) in [5.41, 5.74) is 4.92. The van der Waals surface area contributed by atoms with E-state index in [1.807, 2.05) is 18.2 Å². The van der Waals surface area contributed by atoms with Crippen molar-refractivity contribution in [1.82, 2.24) is 0 Å². The summed E-state index contributed by atoms with van der Waals surface area (Å²) in [5.74, 6) is 6.23. The highest BCUT2D eigenvalue weighted by Gasteiger charge is 2.60. The fourth-order valence-corrected chi connectivity index (χ4v) is 13.3. The smallest absolute Gasteiger partial charge is 0.155 e. The van der Waals surface area contributed by atoms with Crippen LogP contribution in [0, 0.1) is 57.7 Å². The normalized spacial score (nSPS) is 46.2. The molecule has 12 atom stereocenters. The van der Waals surface area contributed by atoms with E-state index in [1.54, 1.807) is 6.92 Å². The first-order chi connectivity index (χ1) is 21.4. The van der Waals surface area contributed by atoms with Gasteiger partial charge in [0.25, 0.3) is 0 Å². The van der Waals surface area contributed by atoms with E-state index in [1.165, 1.54) is 61.6 Å². The third-order valence-corrected chi connectivity index (χ3v) is 15.8. The minimum Gasteiger partial charge on any atom is -0.508 e. The molecule has 0 saturated heterocycles. The van der Waals surface area contributed by atoms with Gasteiger partial charge < -0.3 is 10.2 Å². The van der Waals surface area contributed by atoms with Crippen LogP contribution in [-0.2, 0) is 16.0 Å². The Balaban J connectivity index is 0.000000145. The van der Waals surface area contributed by atoms with Crippen molar-refractivity contribution in [3.63, 3.8) is 0 Å². The Morgan fingerprint density at radius 3 is 2.38 bits per heavy atom. The van der Waals surface area contributed by atoms with Gasteiger partial charge in [0.1, 0.15) is 11.5 Å². The number of rotatable bonds is 2. The molecule has 1 aromatic carbocycles. The molecule has 0 bridgehead atoms. The summed E-state index contributed by atoms with van der Waals surface area (Å²) in [4.78, 5) is 24.0. The van der Waals surface area contributed by atoms with Gasteiger partial charge in [-0.1, -0.05) is 45.8 Å². The van der Waals surface area contributed by atoms with E-state index >= 15 is 0 Å². The highest BCUT2D eigenvalue weighted by Crippen LogP contribution is 2.67. The highest BCUT2D eigenvalue weighted by atomic mass is 16.3. The SMILES string of the molecule is CC(=O)[C@H]1CC[C@H]2[C@@H]3CCC4=CC(=O)CC[C@]4(C)[C@H]3CC[C@]12C.CC[C@H]1C[C@H]2[C@@H]3CCc4cc(O)ccc4[C@H]3CC[C@]2(C)[C@H]1O. The van der Waals surface area contributed by atoms with Gasteiger partial charge in [0.05, 0.1) is 6.10 Å². The van der Waals surface area contributed by atoms with E-state index < -0.39 is 0 Å². The Morgan fingerprint density at radius 2 is 1.62 bits per heavy atom. The Labute approximate surface area is 271 Å². The van der Waals surface area contributed by atoms with Crippen LogP contribution < -0.4 is 0 Å². The van der Waals surface area contributed by atoms with Crippen molar-refractivity contribution in [2.75, 3.05) is 0 Å².